The zero-order chi connectivity index (χ0) is 23.7. The molecule has 0 aliphatic heterocycles. The summed E-state index contributed by atoms with van der Waals surface area (Å²) in [7, 11) is 1.58. The van der Waals surface area contributed by atoms with Gasteiger partial charge in [0, 0.05) is 12.1 Å². The molecule has 1 saturated carbocycles. The molecule has 1 aliphatic rings. The van der Waals surface area contributed by atoms with Gasteiger partial charge in [0.2, 0.25) is 0 Å². The van der Waals surface area contributed by atoms with Gasteiger partial charge < -0.3 is 15.8 Å². The molecule has 1 aliphatic carbocycles. The third-order valence-electron chi connectivity index (χ3n) is 6.53. The Labute approximate surface area is 198 Å². The maximum atomic E-state index is 12.7. The lowest BCUT2D eigenvalue weighted by Crippen LogP contribution is -2.23. The van der Waals surface area contributed by atoms with Crippen molar-refractivity contribution < 1.29 is 9.53 Å². The summed E-state index contributed by atoms with van der Waals surface area (Å²) >= 11 is 0. The first-order valence-corrected chi connectivity index (χ1v) is 11.6. The van der Waals surface area contributed by atoms with Gasteiger partial charge in [0.05, 0.1) is 24.1 Å². The Bertz CT molecular complexity index is 1340. The Morgan fingerprint density at radius 3 is 2.65 bits per heavy atom. The van der Waals surface area contributed by atoms with Gasteiger partial charge in [-0.1, -0.05) is 49.2 Å². The molecular formula is C26H28N6O2. The number of nitrogens with two attached hydrogens (primary N) is 1. The third-order valence-corrected chi connectivity index (χ3v) is 6.53. The number of rotatable bonds is 6. The van der Waals surface area contributed by atoms with Gasteiger partial charge in [-0.2, -0.15) is 5.10 Å². The number of amides is 1. The predicted molar refractivity (Wildman–Crippen MR) is 132 cm³/mol. The number of fused-ring (bicyclic) bond motifs is 1. The number of hydrogen-bond donors (Lipinski definition) is 2. The molecule has 4 aromatic rings. The molecule has 1 amide bonds. The van der Waals surface area contributed by atoms with Crippen molar-refractivity contribution in [3.05, 3.63) is 65.5 Å². The first-order chi connectivity index (χ1) is 16.6. The van der Waals surface area contributed by atoms with E-state index in [1.165, 1.54) is 19.2 Å². The summed E-state index contributed by atoms with van der Waals surface area (Å²) in [5.74, 6) is 0.864. The molecule has 0 atom stereocenters. The minimum Gasteiger partial charge on any atom is -0.496 e. The molecule has 3 N–H and O–H groups in total. The largest absolute Gasteiger partial charge is 0.496 e. The van der Waals surface area contributed by atoms with Crippen LogP contribution in [-0.4, -0.2) is 32.8 Å². The van der Waals surface area contributed by atoms with Crippen molar-refractivity contribution in [2.24, 2.45) is 0 Å². The number of nitrogens with one attached hydrogen (secondary N) is 1. The van der Waals surface area contributed by atoms with Gasteiger partial charge in [0.25, 0.3) is 5.91 Å². The lowest BCUT2D eigenvalue weighted by Gasteiger charge is -2.11. The van der Waals surface area contributed by atoms with Crippen molar-refractivity contribution in [1.82, 2.24) is 25.1 Å². The highest BCUT2D eigenvalue weighted by atomic mass is 16.5. The van der Waals surface area contributed by atoms with Gasteiger partial charge in [0.15, 0.2) is 5.65 Å². The first kappa shape index (κ1) is 21.9. The number of carbonyl (C=O) groups excluding carboxylic acids is 1. The molecule has 2 aromatic heterocycles. The van der Waals surface area contributed by atoms with Gasteiger partial charge in [0.1, 0.15) is 23.6 Å². The highest BCUT2D eigenvalue weighted by Crippen LogP contribution is 2.36. The van der Waals surface area contributed by atoms with Crippen molar-refractivity contribution in [1.29, 1.82) is 0 Å². The molecule has 0 unspecified atom stereocenters. The van der Waals surface area contributed by atoms with Crippen molar-refractivity contribution in [2.75, 3.05) is 12.8 Å². The summed E-state index contributed by atoms with van der Waals surface area (Å²) in [6, 6.07) is 13.9. The van der Waals surface area contributed by atoms with E-state index in [0.29, 0.717) is 29.7 Å². The molecule has 8 nitrogen and oxygen atoms in total. The van der Waals surface area contributed by atoms with Crippen LogP contribution in [0.3, 0.4) is 0 Å². The minimum atomic E-state index is -0.171. The van der Waals surface area contributed by atoms with E-state index in [4.69, 9.17) is 15.6 Å². The number of benzene rings is 2. The zero-order valence-corrected chi connectivity index (χ0v) is 19.4. The number of nitrogen functional groups attached to an aromatic ring is 1. The number of carbonyl (C=O) groups is 1. The van der Waals surface area contributed by atoms with Crippen molar-refractivity contribution in [3.63, 3.8) is 0 Å². The van der Waals surface area contributed by atoms with E-state index in [1.807, 2.05) is 48.0 Å². The van der Waals surface area contributed by atoms with Crippen LogP contribution in [0.1, 0.15) is 53.2 Å². The fraction of sp³-hybridized carbons (Fsp3) is 0.308. The second-order valence-corrected chi connectivity index (χ2v) is 8.72. The Balaban J connectivity index is 1.38. The summed E-state index contributed by atoms with van der Waals surface area (Å²) in [5.41, 5.74) is 11.2. The molecule has 174 valence electrons. The first-order valence-electron chi connectivity index (χ1n) is 11.6. The quantitative estimate of drug-likeness (QED) is 0.444. The van der Waals surface area contributed by atoms with Crippen LogP contribution in [0.5, 0.6) is 5.75 Å². The second kappa shape index (κ2) is 9.13. The average Bonchev–Trinajstić information content (AvgIpc) is 3.51. The molecule has 0 saturated heterocycles. The van der Waals surface area contributed by atoms with Crippen LogP contribution in [0.4, 0.5) is 5.82 Å². The maximum Gasteiger partial charge on any atom is 0.255 e. The highest BCUT2D eigenvalue weighted by Gasteiger charge is 2.24. The molecule has 34 heavy (non-hydrogen) atoms. The van der Waals surface area contributed by atoms with Crippen LogP contribution < -0.4 is 15.8 Å². The number of para-hydroxylation sites is 1. The van der Waals surface area contributed by atoms with E-state index in [-0.39, 0.29) is 5.91 Å². The summed E-state index contributed by atoms with van der Waals surface area (Å²) in [6.07, 6.45) is 6.12. The topological polar surface area (TPSA) is 108 Å². The number of ether oxygens (including phenoxy) is 1. The average molecular weight is 457 g/mol. The molecule has 2 heterocycles. The van der Waals surface area contributed by atoms with E-state index < -0.39 is 0 Å². The second-order valence-electron chi connectivity index (χ2n) is 8.72. The normalized spacial score (nSPS) is 13.9. The lowest BCUT2D eigenvalue weighted by atomic mass is 10.1. The van der Waals surface area contributed by atoms with Gasteiger partial charge >= 0.3 is 0 Å². The standard InChI is InChI=1S/C26H28N6O2/c1-16-6-5-9-20(23(16)34-2)26(33)28-14-17-10-12-18(13-11-17)22-21-24(27)29-15-30-25(21)32(31-22)19-7-3-4-8-19/h5-6,9-13,15,19H,3-4,7-8,14H2,1-2H3,(H,28,33)(H2,27,29,30). The number of methoxy groups -OCH3 is 1. The Hall–Kier alpha value is -3.94. The Kier molecular flexibility index (Phi) is 5.88. The molecular weight excluding hydrogens is 428 g/mol. The van der Waals surface area contributed by atoms with Crippen LogP contribution in [0.15, 0.2) is 48.8 Å². The van der Waals surface area contributed by atoms with E-state index >= 15 is 0 Å². The van der Waals surface area contributed by atoms with Crippen LogP contribution in [0.2, 0.25) is 0 Å². The van der Waals surface area contributed by atoms with Gasteiger partial charge in [-0.3, -0.25) is 4.79 Å². The summed E-state index contributed by atoms with van der Waals surface area (Å²) in [5, 5.41) is 8.70. The molecule has 5 rings (SSSR count). The van der Waals surface area contributed by atoms with Gasteiger partial charge in [-0.25, -0.2) is 14.6 Å². The fourth-order valence-electron chi connectivity index (χ4n) is 4.76. The van der Waals surface area contributed by atoms with E-state index in [0.717, 1.165) is 46.3 Å². The van der Waals surface area contributed by atoms with Crippen LogP contribution in [0.25, 0.3) is 22.3 Å². The maximum absolute atomic E-state index is 12.7. The van der Waals surface area contributed by atoms with E-state index in [1.54, 1.807) is 13.2 Å². The SMILES string of the molecule is COc1c(C)cccc1C(=O)NCc1ccc(-c2nn(C3CCCC3)c3ncnc(N)c23)cc1. The zero-order valence-electron chi connectivity index (χ0n) is 19.4. The van der Waals surface area contributed by atoms with Crippen molar-refractivity contribution in [2.45, 2.75) is 45.2 Å². The summed E-state index contributed by atoms with van der Waals surface area (Å²) in [6.45, 7) is 2.32. The number of anilines is 1. The molecule has 8 heteroatoms. The molecule has 1 fully saturated rings. The van der Waals surface area contributed by atoms with Crippen LogP contribution >= 0.6 is 0 Å². The van der Waals surface area contributed by atoms with Gasteiger partial charge in [-0.15, -0.1) is 0 Å². The number of nitrogens with zero attached hydrogens (tertiary/aromatic N) is 4. The van der Waals surface area contributed by atoms with Crippen LogP contribution in [0, 0.1) is 6.92 Å². The number of aryl methyl sites for hydroxylation is 1. The number of aromatic nitrogens is 4. The Morgan fingerprint density at radius 1 is 1.15 bits per heavy atom. The molecule has 0 radical (unpaired) electrons. The van der Waals surface area contributed by atoms with Crippen molar-refractivity contribution >= 4 is 22.8 Å². The van der Waals surface area contributed by atoms with E-state index in [9.17, 15) is 4.79 Å². The molecule has 2 aromatic carbocycles. The van der Waals surface area contributed by atoms with Crippen molar-refractivity contribution in [3.8, 4) is 17.0 Å². The minimum absolute atomic E-state index is 0.171. The Morgan fingerprint density at radius 2 is 1.91 bits per heavy atom. The third kappa shape index (κ3) is 3.96. The van der Waals surface area contributed by atoms with Gasteiger partial charge in [-0.05, 0) is 37.0 Å². The summed E-state index contributed by atoms with van der Waals surface area (Å²) in [4.78, 5) is 21.4. The molecule has 0 bridgehead atoms. The molecule has 0 spiro atoms. The monoisotopic (exact) mass is 456 g/mol. The lowest BCUT2D eigenvalue weighted by molar-refractivity contribution is 0.0947. The summed E-state index contributed by atoms with van der Waals surface area (Å²) < 4.78 is 7.43. The van der Waals surface area contributed by atoms with E-state index in [2.05, 4.69) is 15.3 Å². The fourth-order valence-corrected chi connectivity index (χ4v) is 4.76. The predicted octanol–water partition coefficient (Wildman–Crippen LogP) is 4.44. The smallest absolute Gasteiger partial charge is 0.255 e. The van der Waals surface area contributed by atoms with Crippen LogP contribution in [-0.2, 0) is 6.54 Å². The number of hydrogen-bond acceptors (Lipinski definition) is 6. The highest BCUT2D eigenvalue weighted by molar-refractivity contribution is 5.98.